The molecule has 0 atom stereocenters. The topological polar surface area (TPSA) is 97.1 Å². The fourth-order valence-corrected chi connectivity index (χ4v) is 2.39. The number of para-hydroxylation sites is 1. The first kappa shape index (κ1) is 17.6. The molecule has 9 heteroatoms. The van der Waals surface area contributed by atoms with Crippen molar-refractivity contribution in [2.45, 2.75) is 13.2 Å². The second kappa shape index (κ2) is 7.79. The number of hydrogen-bond acceptors (Lipinski definition) is 7. The van der Waals surface area contributed by atoms with Crippen LogP contribution in [0.25, 0.3) is 0 Å². The number of hydrogen-bond donors (Lipinski definition) is 0. The van der Waals surface area contributed by atoms with Crippen molar-refractivity contribution in [2.24, 2.45) is 0 Å². The molecule has 3 rings (SSSR count). The number of esters is 1. The van der Waals surface area contributed by atoms with E-state index in [0.29, 0.717) is 16.9 Å². The van der Waals surface area contributed by atoms with Crippen LogP contribution in [-0.2, 0) is 27.5 Å². The summed E-state index contributed by atoms with van der Waals surface area (Å²) in [6.45, 7) is -0.581. The van der Waals surface area contributed by atoms with E-state index in [1.165, 1.54) is 30.3 Å². The summed E-state index contributed by atoms with van der Waals surface area (Å²) in [5, 5.41) is 11.0. The highest BCUT2D eigenvalue weighted by Gasteiger charge is 2.22. The van der Waals surface area contributed by atoms with E-state index in [1.54, 1.807) is 6.07 Å². The van der Waals surface area contributed by atoms with Gasteiger partial charge in [-0.1, -0.05) is 12.1 Å². The van der Waals surface area contributed by atoms with Gasteiger partial charge in [0.15, 0.2) is 25.0 Å². The summed E-state index contributed by atoms with van der Waals surface area (Å²) in [4.78, 5) is 22.3. The van der Waals surface area contributed by atoms with E-state index < -0.39 is 23.3 Å². The lowest BCUT2D eigenvalue weighted by Gasteiger charge is -2.20. The molecule has 0 N–H and O–H groups in total. The molecule has 0 aliphatic carbocycles. The summed E-state index contributed by atoms with van der Waals surface area (Å²) >= 11 is 0. The van der Waals surface area contributed by atoms with Gasteiger partial charge in [0.2, 0.25) is 0 Å². The molecule has 1 aliphatic heterocycles. The van der Waals surface area contributed by atoms with Gasteiger partial charge in [0.05, 0.1) is 11.5 Å². The zero-order valence-corrected chi connectivity index (χ0v) is 13.5. The SMILES string of the molecule is O=C(COc1ccccc1F)OCc1cc([N+](=O)[O-])cc2c1OCOC2. The van der Waals surface area contributed by atoms with Gasteiger partial charge in [-0.3, -0.25) is 10.1 Å². The largest absolute Gasteiger partial charge is 0.479 e. The summed E-state index contributed by atoms with van der Waals surface area (Å²) < 4.78 is 34.0. The number of rotatable bonds is 6. The van der Waals surface area contributed by atoms with Gasteiger partial charge in [0.1, 0.15) is 12.4 Å². The third kappa shape index (κ3) is 4.06. The average Bonchev–Trinajstić information content (AvgIpc) is 2.65. The highest BCUT2D eigenvalue weighted by atomic mass is 19.1. The summed E-state index contributed by atoms with van der Waals surface area (Å²) in [6, 6.07) is 8.27. The smallest absolute Gasteiger partial charge is 0.344 e. The Labute approximate surface area is 147 Å². The van der Waals surface area contributed by atoms with Crippen LogP contribution in [0.3, 0.4) is 0 Å². The Morgan fingerprint density at radius 1 is 1.31 bits per heavy atom. The van der Waals surface area contributed by atoms with E-state index in [1.807, 2.05) is 0 Å². The number of non-ortho nitro benzene ring substituents is 1. The maximum atomic E-state index is 13.4. The number of ether oxygens (including phenoxy) is 4. The van der Waals surface area contributed by atoms with Crippen molar-refractivity contribution in [3.05, 3.63) is 63.5 Å². The first-order valence-electron chi connectivity index (χ1n) is 7.58. The van der Waals surface area contributed by atoms with Gasteiger partial charge in [-0.15, -0.1) is 0 Å². The van der Waals surface area contributed by atoms with Crippen LogP contribution in [0.1, 0.15) is 11.1 Å². The van der Waals surface area contributed by atoms with Crippen LogP contribution in [0.15, 0.2) is 36.4 Å². The molecule has 136 valence electrons. The average molecular weight is 363 g/mol. The summed E-state index contributed by atoms with van der Waals surface area (Å²) in [6.07, 6.45) is 0. The second-order valence-corrected chi connectivity index (χ2v) is 5.34. The van der Waals surface area contributed by atoms with E-state index in [0.717, 1.165) is 0 Å². The lowest BCUT2D eigenvalue weighted by atomic mass is 10.1. The fraction of sp³-hybridized carbons (Fsp3) is 0.235. The van der Waals surface area contributed by atoms with Crippen molar-refractivity contribution < 1.29 is 33.1 Å². The van der Waals surface area contributed by atoms with Gasteiger partial charge in [-0.05, 0) is 12.1 Å². The van der Waals surface area contributed by atoms with Gasteiger partial charge in [-0.25, -0.2) is 9.18 Å². The van der Waals surface area contributed by atoms with E-state index in [2.05, 4.69) is 0 Å². The van der Waals surface area contributed by atoms with Gasteiger partial charge in [-0.2, -0.15) is 0 Å². The van der Waals surface area contributed by atoms with Crippen LogP contribution in [0.5, 0.6) is 11.5 Å². The van der Waals surface area contributed by atoms with E-state index >= 15 is 0 Å². The zero-order chi connectivity index (χ0) is 18.5. The molecular formula is C17H14FNO7. The van der Waals surface area contributed by atoms with Crippen molar-refractivity contribution in [1.29, 1.82) is 0 Å². The highest BCUT2D eigenvalue weighted by Crippen LogP contribution is 2.33. The normalized spacial score (nSPS) is 12.7. The minimum absolute atomic E-state index is 0.00214. The molecule has 0 spiro atoms. The molecule has 0 unspecified atom stereocenters. The first-order valence-corrected chi connectivity index (χ1v) is 7.58. The lowest BCUT2D eigenvalue weighted by Crippen LogP contribution is -2.17. The third-order valence-electron chi connectivity index (χ3n) is 3.55. The number of benzene rings is 2. The Hall–Kier alpha value is -3.20. The Morgan fingerprint density at radius 2 is 2.12 bits per heavy atom. The van der Waals surface area contributed by atoms with Gasteiger partial charge >= 0.3 is 5.97 Å². The molecule has 0 radical (unpaired) electrons. The zero-order valence-electron chi connectivity index (χ0n) is 13.5. The molecule has 26 heavy (non-hydrogen) atoms. The third-order valence-corrected chi connectivity index (χ3v) is 3.55. The van der Waals surface area contributed by atoms with Crippen LogP contribution in [0.4, 0.5) is 10.1 Å². The Kier molecular flexibility index (Phi) is 5.28. The lowest BCUT2D eigenvalue weighted by molar-refractivity contribution is -0.385. The highest BCUT2D eigenvalue weighted by molar-refractivity contribution is 5.71. The van der Waals surface area contributed by atoms with Crippen LogP contribution in [0.2, 0.25) is 0 Å². The molecule has 0 aromatic heterocycles. The summed E-state index contributed by atoms with van der Waals surface area (Å²) in [5.74, 6) is -1.02. The minimum Gasteiger partial charge on any atom is -0.479 e. The number of nitro benzene ring substituents is 1. The van der Waals surface area contributed by atoms with E-state index in [-0.39, 0.29) is 31.4 Å². The first-order chi connectivity index (χ1) is 12.5. The monoisotopic (exact) mass is 363 g/mol. The van der Waals surface area contributed by atoms with Crippen molar-refractivity contribution in [3.63, 3.8) is 0 Å². The van der Waals surface area contributed by atoms with Crippen LogP contribution >= 0.6 is 0 Å². The number of halogens is 1. The van der Waals surface area contributed by atoms with Crippen molar-refractivity contribution in [3.8, 4) is 11.5 Å². The fourth-order valence-electron chi connectivity index (χ4n) is 2.39. The van der Waals surface area contributed by atoms with E-state index in [9.17, 15) is 19.3 Å². The van der Waals surface area contributed by atoms with Gasteiger partial charge < -0.3 is 18.9 Å². The second-order valence-electron chi connectivity index (χ2n) is 5.34. The molecular weight excluding hydrogens is 349 g/mol. The Morgan fingerprint density at radius 3 is 2.88 bits per heavy atom. The number of carbonyl (C=O) groups excluding carboxylic acids is 1. The maximum Gasteiger partial charge on any atom is 0.344 e. The van der Waals surface area contributed by atoms with E-state index in [4.69, 9.17) is 18.9 Å². The standard InChI is InChI=1S/C17H14FNO7/c18-14-3-1-2-4-15(14)24-9-16(20)25-8-12-6-13(19(21)22)5-11-7-23-10-26-17(11)12/h1-6H,7-10H2. The predicted octanol–water partition coefficient (Wildman–Crippen LogP) is 2.72. The van der Waals surface area contributed by atoms with Crippen LogP contribution in [-0.4, -0.2) is 24.3 Å². The molecule has 0 fully saturated rings. The molecule has 2 aromatic carbocycles. The molecule has 0 bridgehead atoms. The van der Waals surface area contributed by atoms with Gasteiger partial charge in [0.25, 0.3) is 5.69 Å². The summed E-state index contributed by atoms with van der Waals surface area (Å²) in [5.41, 5.74) is 0.683. The number of nitrogens with zero attached hydrogens (tertiary/aromatic N) is 1. The van der Waals surface area contributed by atoms with Crippen molar-refractivity contribution in [1.82, 2.24) is 0 Å². The molecule has 1 heterocycles. The maximum absolute atomic E-state index is 13.4. The van der Waals surface area contributed by atoms with Crippen molar-refractivity contribution in [2.75, 3.05) is 13.4 Å². The molecule has 0 saturated carbocycles. The van der Waals surface area contributed by atoms with Crippen LogP contribution in [0, 0.1) is 15.9 Å². The minimum atomic E-state index is -0.749. The summed E-state index contributed by atoms with van der Waals surface area (Å²) in [7, 11) is 0. The predicted molar refractivity (Wildman–Crippen MR) is 85.1 cm³/mol. The Bertz CT molecular complexity index is 840. The molecule has 8 nitrogen and oxygen atoms in total. The number of nitro groups is 1. The quantitative estimate of drug-likeness (QED) is 0.442. The molecule has 1 aliphatic rings. The molecule has 0 amide bonds. The van der Waals surface area contributed by atoms with Gasteiger partial charge in [0, 0.05) is 23.3 Å². The molecule has 2 aromatic rings. The van der Waals surface area contributed by atoms with Crippen LogP contribution < -0.4 is 9.47 Å². The Balaban J connectivity index is 1.65. The number of carbonyl (C=O) groups is 1. The molecule has 0 saturated heterocycles. The number of fused-ring (bicyclic) bond motifs is 1. The van der Waals surface area contributed by atoms with Crippen molar-refractivity contribution >= 4 is 11.7 Å².